The molecule has 0 spiro atoms. The van der Waals surface area contributed by atoms with E-state index in [0.29, 0.717) is 22.8 Å². The predicted octanol–water partition coefficient (Wildman–Crippen LogP) is 2.76. The van der Waals surface area contributed by atoms with Gasteiger partial charge in [0.05, 0.1) is 17.1 Å². The van der Waals surface area contributed by atoms with Crippen molar-refractivity contribution in [2.24, 2.45) is 10.1 Å². The molecule has 0 aromatic heterocycles. The number of carbonyl (C=O) groups is 1. The Kier molecular flexibility index (Phi) is 3.23. The third-order valence-electron chi connectivity index (χ3n) is 3.12. The molecule has 1 heterocycles. The molecule has 2 aromatic rings. The summed E-state index contributed by atoms with van der Waals surface area (Å²) in [6, 6.07) is 16.3. The zero-order valence-corrected chi connectivity index (χ0v) is 11.5. The maximum absolute atomic E-state index is 12.4. The quantitative estimate of drug-likeness (QED) is 0.858. The van der Waals surface area contributed by atoms with Crippen LogP contribution in [0.2, 0.25) is 0 Å². The van der Waals surface area contributed by atoms with E-state index in [-0.39, 0.29) is 5.91 Å². The number of carbonyl (C=O) groups excluding carboxylic acids is 1. The second-order valence-corrected chi connectivity index (χ2v) is 4.69. The summed E-state index contributed by atoms with van der Waals surface area (Å²) < 4.78 is 0. The van der Waals surface area contributed by atoms with Crippen LogP contribution < -0.4 is 10.7 Å². The number of hydrazone groups is 1. The highest BCUT2D eigenvalue weighted by molar-refractivity contribution is 6.71. The highest BCUT2D eigenvalue weighted by Crippen LogP contribution is 2.21. The number of para-hydroxylation sites is 1. The van der Waals surface area contributed by atoms with Crippen LogP contribution in [0.5, 0.6) is 0 Å². The molecule has 0 fully saturated rings. The van der Waals surface area contributed by atoms with Crippen molar-refractivity contribution in [2.45, 2.75) is 6.92 Å². The van der Waals surface area contributed by atoms with E-state index in [2.05, 4.69) is 10.1 Å². The first-order valence-corrected chi connectivity index (χ1v) is 6.54. The van der Waals surface area contributed by atoms with E-state index in [9.17, 15) is 4.79 Å². The molecule has 5 nitrogen and oxygen atoms in total. The number of benzene rings is 2. The fourth-order valence-electron chi connectivity index (χ4n) is 2.05. The van der Waals surface area contributed by atoms with Crippen molar-refractivity contribution in [3.63, 3.8) is 0 Å². The summed E-state index contributed by atoms with van der Waals surface area (Å²) in [6.07, 6.45) is 0. The fraction of sp³-hybridized carbons (Fsp3) is 0.0625. The average Bonchev–Trinajstić information content (AvgIpc) is 2.78. The van der Waals surface area contributed by atoms with Gasteiger partial charge in [0.25, 0.3) is 5.91 Å². The van der Waals surface area contributed by atoms with Crippen LogP contribution in [-0.2, 0) is 4.79 Å². The van der Waals surface area contributed by atoms with Gasteiger partial charge in [-0.05, 0) is 43.3 Å². The Hall–Kier alpha value is -2.95. The van der Waals surface area contributed by atoms with Crippen LogP contribution in [-0.4, -0.2) is 17.3 Å². The second-order valence-electron chi connectivity index (χ2n) is 4.69. The monoisotopic (exact) mass is 278 g/mol. The number of hydrogen-bond acceptors (Lipinski definition) is 4. The van der Waals surface area contributed by atoms with Crippen molar-refractivity contribution >= 4 is 34.4 Å². The molecule has 0 saturated carbocycles. The van der Waals surface area contributed by atoms with E-state index in [4.69, 9.17) is 5.73 Å². The van der Waals surface area contributed by atoms with Crippen molar-refractivity contribution in [1.82, 2.24) is 0 Å². The number of aliphatic imine (C=N–C) groups is 1. The highest BCUT2D eigenvalue weighted by atomic mass is 16.2. The maximum Gasteiger partial charge on any atom is 0.299 e. The molecule has 1 aliphatic rings. The number of amides is 1. The van der Waals surface area contributed by atoms with E-state index in [0.717, 1.165) is 5.69 Å². The Labute approximate surface area is 122 Å². The zero-order chi connectivity index (χ0) is 14.8. The molecule has 1 amide bonds. The number of anilines is 2. The molecule has 5 heteroatoms. The zero-order valence-electron chi connectivity index (χ0n) is 11.5. The summed E-state index contributed by atoms with van der Waals surface area (Å²) in [5, 5.41) is 5.65. The lowest BCUT2D eigenvalue weighted by Gasteiger charge is -2.10. The Morgan fingerprint density at radius 3 is 2.38 bits per heavy atom. The first-order valence-electron chi connectivity index (χ1n) is 6.54. The molecule has 0 aliphatic carbocycles. The van der Waals surface area contributed by atoms with Crippen LogP contribution in [0.4, 0.5) is 17.1 Å². The van der Waals surface area contributed by atoms with Crippen LogP contribution in [0.25, 0.3) is 0 Å². The second kappa shape index (κ2) is 5.20. The van der Waals surface area contributed by atoms with Crippen LogP contribution in [0, 0.1) is 0 Å². The van der Waals surface area contributed by atoms with Crippen LogP contribution in [0.1, 0.15) is 6.92 Å². The lowest BCUT2D eigenvalue weighted by molar-refractivity contribution is -0.112. The summed E-state index contributed by atoms with van der Waals surface area (Å²) in [4.78, 5) is 16.8. The smallest absolute Gasteiger partial charge is 0.299 e. The van der Waals surface area contributed by atoms with E-state index < -0.39 is 0 Å². The topological polar surface area (TPSA) is 71.0 Å². The lowest BCUT2D eigenvalue weighted by Crippen LogP contribution is -2.26. The molecule has 0 bridgehead atoms. The van der Waals surface area contributed by atoms with E-state index in [1.165, 1.54) is 5.01 Å². The Morgan fingerprint density at radius 1 is 1.05 bits per heavy atom. The summed E-state index contributed by atoms with van der Waals surface area (Å²) in [6.45, 7) is 1.77. The van der Waals surface area contributed by atoms with Crippen LogP contribution in [0.15, 0.2) is 64.7 Å². The molecular weight excluding hydrogens is 264 g/mol. The molecule has 104 valence electrons. The van der Waals surface area contributed by atoms with Crippen molar-refractivity contribution in [3.05, 3.63) is 54.6 Å². The molecule has 0 unspecified atom stereocenters. The van der Waals surface area contributed by atoms with Gasteiger partial charge in [0.2, 0.25) is 0 Å². The van der Waals surface area contributed by atoms with Gasteiger partial charge >= 0.3 is 0 Å². The average molecular weight is 278 g/mol. The molecule has 0 saturated heterocycles. The Bertz CT molecular complexity index is 733. The molecule has 3 rings (SSSR count). The van der Waals surface area contributed by atoms with Gasteiger partial charge in [-0.25, -0.2) is 4.99 Å². The number of nitrogens with zero attached hydrogens (tertiary/aromatic N) is 3. The minimum atomic E-state index is -0.226. The number of nitrogens with two attached hydrogens (primary N) is 1. The molecule has 2 N–H and O–H groups in total. The molecule has 0 atom stereocenters. The maximum atomic E-state index is 12.4. The third kappa shape index (κ3) is 2.53. The number of rotatable bonds is 2. The van der Waals surface area contributed by atoms with E-state index in [1.54, 1.807) is 31.2 Å². The molecule has 0 radical (unpaired) electrons. The summed E-state index contributed by atoms with van der Waals surface area (Å²) in [5.74, 6) is -0.226. The SMILES string of the molecule is CC1=NN(c2ccccc2)C(=O)C1=Nc1ccc(N)cc1. The standard InChI is InChI=1S/C16H14N4O/c1-11-15(18-13-9-7-12(17)8-10-13)16(21)20(19-11)14-5-3-2-4-6-14/h2-10H,17H2,1H3. The highest BCUT2D eigenvalue weighted by Gasteiger charge is 2.30. The molecule has 2 aromatic carbocycles. The van der Waals surface area contributed by atoms with E-state index in [1.807, 2.05) is 30.3 Å². The van der Waals surface area contributed by atoms with Crippen molar-refractivity contribution in [2.75, 3.05) is 10.7 Å². The Morgan fingerprint density at radius 2 is 1.71 bits per heavy atom. The minimum absolute atomic E-state index is 0.226. The van der Waals surface area contributed by atoms with Gasteiger partial charge in [0, 0.05) is 5.69 Å². The summed E-state index contributed by atoms with van der Waals surface area (Å²) in [7, 11) is 0. The predicted molar refractivity (Wildman–Crippen MR) is 85.0 cm³/mol. The normalized spacial score (nSPS) is 16.4. The van der Waals surface area contributed by atoms with Gasteiger partial charge in [-0.3, -0.25) is 4.79 Å². The van der Waals surface area contributed by atoms with Crippen molar-refractivity contribution in [1.29, 1.82) is 0 Å². The van der Waals surface area contributed by atoms with Gasteiger partial charge in [-0.1, -0.05) is 18.2 Å². The molecule has 1 aliphatic heterocycles. The van der Waals surface area contributed by atoms with Crippen molar-refractivity contribution in [3.8, 4) is 0 Å². The van der Waals surface area contributed by atoms with Crippen LogP contribution >= 0.6 is 0 Å². The van der Waals surface area contributed by atoms with Gasteiger partial charge in [0.15, 0.2) is 5.71 Å². The molecular formula is C16H14N4O. The Balaban J connectivity index is 1.94. The number of hydrogen-bond donors (Lipinski definition) is 1. The number of nitrogen functional groups attached to an aromatic ring is 1. The first kappa shape index (κ1) is 13.1. The molecule has 21 heavy (non-hydrogen) atoms. The summed E-state index contributed by atoms with van der Waals surface area (Å²) >= 11 is 0. The fourth-order valence-corrected chi connectivity index (χ4v) is 2.05. The third-order valence-corrected chi connectivity index (χ3v) is 3.12. The minimum Gasteiger partial charge on any atom is -0.399 e. The van der Waals surface area contributed by atoms with Crippen molar-refractivity contribution < 1.29 is 4.79 Å². The van der Waals surface area contributed by atoms with E-state index >= 15 is 0 Å². The van der Waals surface area contributed by atoms with Gasteiger partial charge in [-0.15, -0.1) is 0 Å². The van der Waals surface area contributed by atoms with Crippen LogP contribution in [0.3, 0.4) is 0 Å². The largest absolute Gasteiger partial charge is 0.399 e. The van der Waals surface area contributed by atoms with Gasteiger partial charge < -0.3 is 5.73 Å². The van der Waals surface area contributed by atoms with Gasteiger partial charge in [0.1, 0.15) is 0 Å². The summed E-state index contributed by atoms with van der Waals surface area (Å²) in [5.41, 5.74) is 8.65. The van der Waals surface area contributed by atoms with Gasteiger partial charge in [-0.2, -0.15) is 10.1 Å². The first-order chi connectivity index (χ1) is 10.1. The lowest BCUT2D eigenvalue weighted by atomic mass is 10.2.